The zero-order valence-corrected chi connectivity index (χ0v) is 11.5. The molecule has 2 rings (SSSR count). The molecular weight excluding hydrogens is 274 g/mol. The van der Waals surface area contributed by atoms with Crippen molar-refractivity contribution in [1.82, 2.24) is 0 Å². The van der Waals surface area contributed by atoms with E-state index < -0.39 is 4.92 Å². The first kappa shape index (κ1) is 14.5. The minimum absolute atomic E-state index is 0.0505. The molecule has 0 N–H and O–H groups in total. The highest BCUT2D eigenvalue weighted by atomic mass is 16.6. The summed E-state index contributed by atoms with van der Waals surface area (Å²) < 4.78 is 10.7. The summed E-state index contributed by atoms with van der Waals surface area (Å²) in [5.41, 5.74) is -0.0114. The summed E-state index contributed by atoms with van der Waals surface area (Å²) in [6.45, 7) is 1.35. The van der Waals surface area contributed by atoms with Gasteiger partial charge >= 0.3 is 5.69 Å². The molecule has 21 heavy (non-hydrogen) atoms. The number of nitro groups is 1. The van der Waals surface area contributed by atoms with Gasteiger partial charge in [-0.25, -0.2) is 0 Å². The Morgan fingerprint density at radius 1 is 1.10 bits per heavy atom. The van der Waals surface area contributed by atoms with E-state index in [-0.39, 0.29) is 22.8 Å². The van der Waals surface area contributed by atoms with E-state index in [0.29, 0.717) is 11.5 Å². The molecule has 0 radical (unpaired) electrons. The fraction of sp³-hybridized carbons (Fsp3) is 0.133. The number of hydrogen-bond donors (Lipinski definition) is 0. The summed E-state index contributed by atoms with van der Waals surface area (Å²) in [6.07, 6.45) is 0. The zero-order valence-electron chi connectivity index (χ0n) is 11.5. The van der Waals surface area contributed by atoms with Crippen LogP contribution in [0.2, 0.25) is 0 Å². The number of ketones is 1. The van der Waals surface area contributed by atoms with Crippen LogP contribution in [-0.2, 0) is 0 Å². The Morgan fingerprint density at radius 2 is 1.76 bits per heavy atom. The predicted molar refractivity (Wildman–Crippen MR) is 76.2 cm³/mol. The Morgan fingerprint density at radius 3 is 2.33 bits per heavy atom. The normalized spacial score (nSPS) is 10.0. The van der Waals surface area contributed by atoms with Gasteiger partial charge in [0.15, 0.2) is 17.3 Å². The summed E-state index contributed by atoms with van der Waals surface area (Å²) in [5.74, 6) is 0.623. The minimum atomic E-state index is -0.586. The molecule has 0 amide bonds. The molecule has 108 valence electrons. The largest absolute Gasteiger partial charge is 0.493 e. The van der Waals surface area contributed by atoms with Crippen molar-refractivity contribution in [2.24, 2.45) is 0 Å². The van der Waals surface area contributed by atoms with Gasteiger partial charge in [0.25, 0.3) is 0 Å². The van der Waals surface area contributed by atoms with Crippen molar-refractivity contribution in [3.8, 4) is 17.2 Å². The van der Waals surface area contributed by atoms with Crippen LogP contribution in [0.5, 0.6) is 17.2 Å². The van der Waals surface area contributed by atoms with Crippen LogP contribution in [0.25, 0.3) is 0 Å². The number of Topliss-reactive ketones (excluding diaryl/α,β-unsaturated/α-hetero) is 1. The summed E-state index contributed by atoms with van der Waals surface area (Å²) in [7, 11) is 1.48. The number of rotatable bonds is 5. The van der Waals surface area contributed by atoms with Gasteiger partial charge in [0, 0.05) is 11.6 Å². The molecule has 0 atom stereocenters. The Hall–Kier alpha value is -2.89. The maximum absolute atomic E-state index is 11.3. The molecule has 0 saturated heterocycles. The summed E-state index contributed by atoms with van der Waals surface area (Å²) in [6, 6.07) is 10.9. The number of nitro benzene ring substituents is 1. The van der Waals surface area contributed by atoms with Gasteiger partial charge in [-0.3, -0.25) is 14.9 Å². The third-order valence-corrected chi connectivity index (χ3v) is 2.85. The number of ether oxygens (including phenoxy) is 2. The lowest BCUT2D eigenvalue weighted by Crippen LogP contribution is -1.98. The molecule has 0 saturated carbocycles. The van der Waals surface area contributed by atoms with Gasteiger partial charge in [-0.05, 0) is 31.2 Å². The number of methoxy groups -OCH3 is 1. The third kappa shape index (κ3) is 3.17. The van der Waals surface area contributed by atoms with E-state index in [0.717, 1.165) is 0 Å². The maximum atomic E-state index is 11.3. The molecule has 6 nitrogen and oxygen atoms in total. The molecule has 0 spiro atoms. The molecule has 2 aromatic rings. The first-order valence-corrected chi connectivity index (χ1v) is 6.13. The molecule has 6 heteroatoms. The fourth-order valence-electron chi connectivity index (χ4n) is 1.79. The lowest BCUT2D eigenvalue weighted by Gasteiger charge is -2.10. The Labute approximate surface area is 121 Å². The van der Waals surface area contributed by atoms with Crippen molar-refractivity contribution < 1.29 is 19.2 Å². The van der Waals surface area contributed by atoms with Crippen LogP contribution >= 0.6 is 0 Å². The van der Waals surface area contributed by atoms with Crippen LogP contribution in [0.4, 0.5) is 5.69 Å². The van der Waals surface area contributed by atoms with Crippen LogP contribution in [0.1, 0.15) is 17.3 Å². The average Bonchev–Trinajstić information content (AvgIpc) is 2.47. The molecule has 0 fully saturated rings. The molecule has 2 aromatic carbocycles. The number of carbonyl (C=O) groups excluding carboxylic acids is 1. The molecule has 0 bridgehead atoms. The molecule has 0 aliphatic heterocycles. The van der Waals surface area contributed by atoms with Gasteiger partial charge in [-0.2, -0.15) is 0 Å². The standard InChI is InChI=1S/C15H13NO5/c1-10(17)11-7-8-13(12(9-11)16(18)19)21-15-6-4-3-5-14(15)20-2/h3-9H,1-2H3. The third-order valence-electron chi connectivity index (χ3n) is 2.85. The van der Waals surface area contributed by atoms with E-state index in [9.17, 15) is 14.9 Å². The number of carbonyl (C=O) groups is 1. The van der Waals surface area contributed by atoms with Gasteiger partial charge in [-0.15, -0.1) is 0 Å². The van der Waals surface area contributed by atoms with Gasteiger partial charge in [0.1, 0.15) is 0 Å². The van der Waals surface area contributed by atoms with Gasteiger partial charge in [0.05, 0.1) is 12.0 Å². The zero-order chi connectivity index (χ0) is 15.4. The highest BCUT2D eigenvalue weighted by molar-refractivity contribution is 5.95. The topological polar surface area (TPSA) is 78.7 Å². The number of hydrogen-bond acceptors (Lipinski definition) is 5. The lowest BCUT2D eigenvalue weighted by atomic mass is 10.1. The van der Waals surface area contributed by atoms with Gasteiger partial charge < -0.3 is 9.47 Å². The summed E-state index contributed by atoms with van der Waals surface area (Å²) in [4.78, 5) is 21.8. The molecular formula is C15H13NO5. The monoisotopic (exact) mass is 287 g/mol. The van der Waals surface area contributed by atoms with E-state index in [1.54, 1.807) is 24.3 Å². The Balaban J connectivity index is 2.44. The first-order chi connectivity index (χ1) is 10.0. The van der Waals surface area contributed by atoms with E-state index in [4.69, 9.17) is 9.47 Å². The molecule has 0 aromatic heterocycles. The van der Waals surface area contributed by atoms with Crippen molar-refractivity contribution >= 4 is 11.5 Å². The fourth-order valence-corrected chi connectivity index (χ4v) is 1.79. The second kappa shape index (κ2) is 6.04. The highest BCUT2D eigenvalue weighted by Gasteiger charge is 2.19. The second-order valence-corrected chi connectivity index (χ2v) is 4.25. The van der Waals surface area contributed by atoms with E-state index in [2.05, 4.69) is 0 Å². The van der Waals surface area contributed by atoms with Crippen molar-refractivity contribution in [1.29, 1.82) is 0 Å². The van der Waals surface area contributed by atoms with Crippen molar-refractivity contribution in [3.63, 3.8) is 0 Å². The van der Waals surface area contributed by atoms with Crippen LogP contribution in [0, 0.1) is 10.1 Å². The number of nitrogens with zero attached hydrogens (tertiary/aromatic N) is 1. The SMILES string of the molecule is COc1ccccc1Oc1ccc(C(C)=O)cc1[N+](=O)[O-]. The van der Waals surface area contributed by atoms with Crippen LogP contribution in [0.15, 0.2) is 42.5 Å². The van der Waals surface area contributed by atoms with Crippen LogP contribution in [-0.4, -0.2) is 17.8 Å². The summed E-state index contributed by atoms with van der Waals surface area (Å²) >= 11 is 0. The Kier molecular flexibility index (Phi) is 4.18. The average molecular weight is 287 g/mol. The molecule has 0 aliphatic rings. The first-order valence-electron chi connectivity index (χ1n) is 6.13. The van der Waals surface area contributed by atoms with Crippen molar-refractivity contribution in [3.05, 3.63) is 58.1 Å². The van der Waals surface area contributed by atoms with Crippen molar-refractivity contribution in [2.45, 2.75) is 6.92 Å². The molecule has 0 heterocycles. The summed E-state index contributed by atoms with van der Waals surface area (Å²) in [5, 5.41) is 11.1. The van der Waals surface area contributed by atoms with Gasteiger partial charge in [0.2, 0.25) is 5.75 Å². The van der Waals surface area contributed by atoms with Crippen LogP contribution < -0.4 is 9.47 Å². The van der Waals surface area contributed by atoms with Crippen molar-refractivity contribution in [2.75, 3.05) is 7.11 Å². The number of para-hydroxylation sites is 2. The smallest absolute Gasteiger partial charge is 0.312 e. The quantitative estimate of drug-likeness (QED) is 0.477. The maximum Gasteiger partial charge on any atom is 0.312 e. The Bertz CT molecular complexity index is 696. The van der Waals surface area contributed by atoms with Gasteiger partial charge in [-0.1, -0.05) is 12.1 Å². The predicted octanol–water partition coefficient (Wildman–Crippen LogP) is 3.60. The second-order valence-electron chi connectivity index (χ2n) is 4.25. The molecule has 0 aliphatic carbocycles. The lowest BCUT2D eigenvalue weighted by molar-refractivity contribution is -0.385. The van der Waals surface area contributed by atoms with Crippen LogP contribution in [0.3, 0.4) is 0 Å². The molecule has 0 unspecified atom stereocenters. The van der Waals surface area contributed by atoms with E-state index in [1.165, 1.54) is 32.2 Å². The van der Waals surface area contributed by atoms with E-state index >= 15 is 0 Å². The van der Waals surface area contributed by atoms with E-state index in [1.807, 2.05) is 0 Å². The number of benzene rings is 2. The highest BCUT2D eigenvalue weighted by Crippen LogP contribution is 2.36. The minimum Gasteiger partial charge on any atom is -0.493 e.